The second-order valence-corrected chi connectivity index (χ2v) is 6.15. The Balaban J connectivity index is 2.30. The van der Waals surface area contributed by atoms with E-state index in [1.165, 1.54) is 5.56 Å². The number of rotatable bonds is 4. The molecule has 1 aromatic heterocycles. The molecule has 0 saturated heterocycles. The molecule has 1 heterocycles. The SMILES string of the molecule is Cc1csc(Sc2c(Cl)cccc2CCN)n1. The van der Waals surface area contributed by atoms with Crippen molar-refractivity contribution < 1.29 is 0 Å². The third-order valence-electron chi connectivity index (χ3n) is 2.25. The van der Waals surface area contributed by atoms with Crippen LogP contribution in [0.5, 0.6) is 0 Å². The zero-order valence-corrected chi connectivity index (χ0v) is 11.8. The minimum absolute atomic E-state index is 0.630. The van der Waals surface area contributed by atoms with Gasteiger partial charge in [-0.05, 0) is 31.5 Å². The smallest absolute Gasteiger partial charge is 0.154 e. The molecule has 0 atom stereocenters. The van der Waals surface area contributed by atoms with Crippen LogP contribution >= 0.6 is 34.7 Å². The van der Waals surface area contributed by atoms with Crippen LogP contribution in [-0.4, -0.2) is 11.5 Å². The van der Waals surface area contributed by atoms with Gasteiger partial charge in [0.2, 0.25) is 0 Å². The van der Waals surface area contributed by atoms with Crippen molar-refractivity contribution in [3.63, 3.8) is 0 Å². The van der Waals surface area contributed by atoms with Gasteiger partial charge in [-0.15, -0.1) is 11.3 Å². The molecule has 0 saturated carbocycles. The molecule has 2 nitrogen and oxygen atoms in total. The maximum atomic E-state index is 6.24. The van der Waals surface area contributed by atoms with Crippen molar-refractivity contribution in [3.8, 4) is 0 Å². The van der Waals surface area contributed by atoms with Crippen molar-refractivity contribution in [3.05, 3.63) is 39.9 Å². The molecule has 90 valence electrons. The number of thiazole rings is 1. The molecule has 2 rings (SSSR count). The fraction of sp³-hybridized carbons (Fsp3) is 0.250. The first-order valence-corrected chi connectivity index (χ1v) is 7.35. The number of benzene rings is 1. The molecule has 17 heavy (non-hydrogen) atoms. The quantitative estimate of drug-likeness (QED) is 0.929. The van der Waals surface area contributed by atoms with Gasteiger partial charge in [-0.2, -0.15) is 0 Å². The van der Waals surface area contributed by atoms with E-state index in [1.54, 1.807) is 23.1 Å². The molecular formula is C12H13ClN2S2. The topological polar surface area (TPSA) is 38.9 Å². The predicted octanol–water partition coefficient (Wildman–Crippen LogP) is 3.76. The van der Waals surface area contributed by atoms with E-state index in [0.717, 1.165) is 26.4 Å². The van der Waals surface area contributed by atoms with Crippen molar-refractivity contribution in [2.75, 3.05) is 6.54 Å². The van der Waals surface area contributed by atoms with Crippen LogP contribution in [0.3, 0.4) is 0 Å². The Labute approximate surface area is 114 Å². The van der Waals surface area contributed by atoms with Crippen LogP contribution in [0.1, 0.15) is 11.3 Å². The highest BCUT2D eigenvalue weighted by molar-refractivity contribution is 8.01. The van der Waals surface area contributed by atoms with Crippen LogP contribution in [0.2, 0.25) is 5.02 Å². The summed E-state index contributed by atoms with van der Waals surface area (Å²) in [5.74, 6) is 0. The lowest BCUT2D eigenvalue weighted by Crippen LogP contribution is -2.03. The minimum atomic E-state index is 0.630. The molecule has 2 N–H and O–H groups in total. The highest BCUT2D eigenvalue weighted by atomic mass is 35.5. The van der Waals surface area contributed by atoms with E-state index in [2.05, 4.69) is 11.1 Å². The molecule has 0 aliphatic heterocycles. The van der Waals surface area contributed by atoms with Gasteiger partial charge < -0.3 is 5.73 Å². The Kier molecular flexibility index (Phi) is 4.45. The summed E-state index contributed by atoms with van der Waals surface area (Å²) >= 11 is 9.50. The summed E-state index contributed by atoms with van der Waals surface area (Å²) in [7, 11) is 0. The number of hydrogen-bond acceptors (Lipinski definition) is 4. The van der Waals surface area contributed by atoms with E-state index < -0.39 is 0 Å². The Morgan fingerprint density at radius 3 is 2.94 bits per heavy atom. The summed E-state index contributed by atoms with van der Waals surface area (Å²) < 4.78 is 1.02. The molecule has 0 aliphatic carbocycles. The second-order valence-electron chi connectivity index (χ2n) is 3.62. The first-order valence-electron chi connectivity index (χ1n) is 5.28. The van der Waals surface area contributed by atoms with Crippen LogP contribution in [0.15, 0.2) is 32.8 Å². The molecule has 0 spiro atoms. The van der Waals surface area contributed by atoms with E-state index >= 15 is 0 Å². The average Bonchev–Trinajstić information content (AvgIpc) is 2.70. The molecular weight excluding hydrogens is 272 g/mol. The number of nitrogens with two attached hydrogens (primary N) is 1. The standard InChI is InChI=1S/C12H13ClN2S2/c1-8-7-16-12(15-8)17-11-9(5-6-14)3-2-4-10(11)13/h2-4,7H,5-6,14H2,1H3. The molecule has 1 aromatic carbocycles. The average molecular weight is 285 g/mol. The molecule has 0 aliphatic rings. The van der Waals surface area contributed by atoms with Gasteiger partial charge in [0.1, 0.15) is 0 Å². The van der Waals surface area contributed by atoms with Crippen LogP contribution in [0.4, 0.5) is 0 Å². The first kappa shape index (κ1) is 12.9. The van der Waals surface area contributed by atoms with Crippen molar-refractivity contribution in [2.45, 2.75) is 22.6 Å². The maximum Gasteiger partial charge on any atom is 0.154 e. The van der Waals surface area contributed by atoms with Crippen LogP contribution in [-0.2, 0) is 6.42 Å². The van der Waals surface area contributed by atoms with Gasteiger partial charge in [-0.25, -0.2) is 4.98 Å². The fourth-order valence-corrected chi connectivity index (χ4v) is 3.74. The van der Waals surface area contributed by atoms with Crippen molar-refractivity contribution in [2.24, 2.45) is 5.73 Å². The molecule has 2 aromatic rings. The zero-order valence-electron chi connectivity index (χ0n) is 9.44. The van der Waals surface area contributed by atoms with Gasteiger partial charge in [0.25, 0.3) is 0 Å². The molecule has 5 heteroatoms. The lowest BCUT2D eigenvalue weighted by molar-refractivity contribution is 0.944. The highest BCUT2D eigenvalue weighted by Gasteiger charge is 2.10. The third-order valence-corrected chi connectivity index (χ3v) is 4.92. The second kappa shape index (κ2) is 5.87. The summed E-state index contributed by atoms with van der Waals surface area (Å²) in [4.78, 5) is 5.52. The Bertz CT molecular complexity index is 511. The fourth-order valence-electron chi connectivity index (χ4n) is 1.49. The van der Waals surface area contributed by atoms with Crippen LogP contribution < -0.4 is 5.73 Å². The number of aromatic nitrogens is 1. The summed E-state index contributed by atoms with van der Waals surface area (Å²) in [6, 6.07) is 5.94. The van der Waals surface area contributed by atoms with E-state index in [1.807, 2.05) is 24.4 Å². The monoisotopic (exact) mass is 284 g/mol. The molecule has 0 amide bonds. The molecule has 0 bridgehead atoms. The van der Waals surface area contributed by atoms with E-state index in [4.69, 9.17) is 17.3 Å². The van der Waals surface area contributed by atoms with Crippen molar-refractivity contribution in [1.29, 1.82) is 0 Å². The van der Waals surface area contributed by atoms with E-state index in [0.29, 0.717) is 6.54 Å². The van der Waals surface area contributed by atoms with Gasteiger partial charge in [-0.3, -0.25) is 0 Å². The lowest BCUT2D eigenvalue weighted by Gasteiger charge is -2.08. The largest absolute Gasteiger partial charge is 0.330 e. The first-order chi connectivity index (χ1) is 8.20. The number of halogens is 1. The van der Waals surface area contributed by atoms with Gasteiger partial charge in [0.15, 0.2) is 4.34 Å². The predicted molar refractivity (Wildman–Crippen MR) is 75.2 cm³/mol. The minimum Gasteiger partial charge on any atom is -0.330 e. The highest BCUT2D eigenvalue weighted by Crippen LogP contribution is 2.37. The molecule has 0 fully saturated rings. The summed E-state index contributed by atoms with van der Waals surface area (Å²) in [5.41, 5.74) is 7.85. The number of nitrogens with zero attached hydrogens (tertiary/aromatic N) is 1. The van der Waals surface area contributed by atoms with Crippen molar-refractivity contribution in [1.82, 2.24) is 4.98 Å². The summed E-state index contributed by atoms with van der Waals surface area (Å²) in [5, 5.41) is 2.82. The van der Waals surface area contributed by atoms with Gasteiger partial charge in [-0.1, -0.05) is 35.5 Å². The van der Waals surface area contributed by atoms with Crippen molar-refractivity contribution >= 4 is 34.7 Å². The maximum absolute atomic E-state index is 6.24. The molecule has 0 unspecified atom stereocenters. The van der Waals surface area contributed by atoms with E-state index in [9.17, 15) is 0 Å². The van der Waals surface area contributed by atoms with Gasteiger partial charge in [0.05, 0.1) is 5.02 Å². The lowest BCUT2D eigenvalue weighted by atomic mass is 10.1. The zero-order chi connectivity index (χ0) is 12.3. The van der Waals surface area contributed by atoms with Gasteiger partial charge >= 0.3 is 0 Å². The molecule has 0 radical (unpaired) electrons. The Hall–Kier alpha value is -0.550. The normalized spacial score (nSPS) is 10.8. The number of hydrogen-bond donors (Lipinski definition) is 1. The van der Waals surface area contributed by atoms with E-state index in [-0.39, 0.29) is 0 Å². The summed E-state index contributed by atoms with van der Waals surface area (Å²) in [6.45, 7) is 2.62. The number of aryl methyl sites for hydroxylation is 1. The van der Waals surface area contributed by atoms with Crippen LogP contribution in [0, 0.1) is 6.92 Å². The third kappa shape index (κ3) is 3.22. The Morgan fingerprint density at radius 1 is 1.47 bits per heavy atom. The van der Waals surface area contributed by atoms with Gasteiger partial charge in [0, 0.05) is 16.0 Å². The Morgan fingerprint density at radius 2 is 2.29 bits per heavy atom. The van der Waals surface area contributed by atoms with Crippen LogP contribution in [0.25, 0.3) is 0 Å². The summed E-state index contributed by atoms with van der Waals surface area (Å²) in [6.07, 6.45) is 0.841.